The minimum Gasteiger partial charge on any atom is -0.377 e. The van der Waals surface area contributed by atoms with Crippen molar-refractivity contribution < 1.29 is 9.13 Å². The van der Waals surface area contributed by atoms with Crippen molar-refractivity contribution in [2.75, 3.05) is 13.3 Å². The quantitative estimate of drug-likeness (QED) is 0.738. The minimum absolute atomic E-state index is 0.314. The topological polar surface area (TPSA) is 59.0 Å². The van der Waals surface area contributed by atoms with E-state index < -0.39 is 12.2 Å². The van der Waals surface area contributed by atoms with Crippen LogP contribution in [-0.2, 0) is 11.3 Å². The summed E-state index contributed by atoms with van der Waals surface area (Å²) in [5.41, 5.74) is 5.24. The predicted octanol–water partition coefficient (Wildman–Crippen LogP) is 2.17. The summed E-state index contributed by atoms with van der Waals surface area (Å²) in [6.07, 6.45) is 0.898. The summed E-state index contributed by atoms with van der Waals surface area (Å²) >= 11 is 0. The van der Waals surface area contributed by atoms with E-state index in [-0.39, 0.29) is 0 Å². The molecule has 3 nitrogen and oxygen atoms in total. The molecule has 4 heteroatoms. The molecule has 0 radical (unpaired) electrons. The maximum Gasteiger partial charge on any atom is 0.132 e. The van der Waals surface area contributed by atoms with Gasteiger partial charge in [-0.2, -0.15) is 5.26 Å². The van der Waals surface area contributed by atoms with Gasteiger partial charge in [-0.1, -0.05) is 30.3 Å². The molecule has 1 atom stereocenters. The van der Waals surface area contributed by atoms with Gasteiger partial charge in [-0.05, 0) is 18.4 Å². The van der Waals surface area contributed by atoms with E-state index in [4.69, 9.17) is 15.7 Å². The molecule has 0 saturated carbocycles. The maximum atomic E-state index is 12.4. The molecule has 2 N–H and O–H groups in total. The molecule has 1 aromatic rings. The SMILES string of the molecule is N#C[C@](N)(CF)CCCOCc1ccccc1. The van der Waals surface area contributed by atoms with E-state index >= 15 is 0 Å². The van der Waals surface area contributed by atoms with Gasteiger partial charge in [0.2, 0.25) is 0 Å². The van der Waals surface area contributed by atoms with Crippen molar-refractivity contribution in [2.24, 2.45) is 5.73 Å². The van der Waals surface area contributed by atoms with Gasteiger partial charge in [0, 0.05) is 6.61 Å². The smallest absolute Gasteiger partial charge is 0.132 e. The van der Waals surface area contributed by atoms with Gasteiger partial charge in [-0.3, -0.25) is 0 Å². The molecule has 17 heavy (non-hydrogen) atoms. The average Bonchev–Trinajstić information content (AvgIpc) is 2.39. The lowest BCUT2D eigenvalue weighted by molar-refractivity contribution is 0.113. The number of halogens is 1. The predicted molar refractivity (Wildman–Crippen MR) is 63.8 cm³/mol. The molecule has 92 valence electrons. The van der Waals surface area contributed by atoms with Crippen molar-refractivity contribution >= 4 is 0 Å². The van der Waals surface area contributed by atoms with Crippen molar-refractivity contribution in [2.45, 2.75) is 25.0 Å². The van der Waals surface area contributed by atoms with E-state index in [1.807, 2.05) is 30.3 Å². The molecule has 1 aromatic carbocycles. The van der Waals surface area contributed by atoms with Crippen LogP contribution in [0.4, 0.5) is 4.39 Å². The Kier molecular flexibility index (Phi) is 5.61. The molecule has 0 bridgehead atoms. The minimum atomic E-state index is -1.35. The molecule has 0 fully saturated rings. The normalized spacial score (nSPS) is 13.9. The number of ether oxygens (including phenoxy) is 1. The zero-order valence-electron chi connectivity index (χ0n) is 9.73. The summed E-state index contributed by atoms with van der Waals surface area (Å²) in [6, 6.07) is 11.6. The number of rotatable bonds is 7. The number of nitrogens with zero attached hydrogens (tertiary/aromatic N) is 1. The highest BCUT2D eigenvalue weighted by molar-refractivity contribution is 5.13. The summed E-state index contributed by atoms with van der Waals surface area (Å²) in [4.78, 5) is 0. The summed E-state index contributed by atoms with van der Waals surface area (Å²) in [5, 5.41) is 8.66. The Bertz CT molecular complexity index is 363. The van der Waals surface area contributed by atoms with Gasteiger partial charge >= 0.3 is 0 Å². The summed E-state index contributed by atoms with van der Waals surface area (Å²) in [5.74, 6) is 0. The molecule has 0 spiro atoms. The summed E-state index contributed by atoms with van der Waals surface area (Å²) in [7, 11) is 0. The standard InChI is InChI=1S/C13H17FN2O/c14-10-13(16,11-15)7-4-8-17-9-12-5-2-1-3-6-12/h1-3,5-6H,4,7-10,16H2/t13-/m1/s1. The number of hydrogen-bond donors (Lipinski definition) is 1. The lowest BCUT2D eigenvalue weighted by atomic mass is 9.99. The van der Waals surface area contributed by atoms with Gasteiger partial charge < -0.3 is 10.5 Å². The van der Waals surface area contributed by atoms with Gasteiger partial charge in [-0.15, -0.1) is 0 Å². The number of nitriles is 1. The van der Waals surface area contributed by atoms with Crippen molar-refractivity contribution in [3.05, 3.63) is 35.9 Å². The monoisotopic (exact) mass is 236 g/mol. The van der Waals surface area contributed by atoms with E-state index in [0.29, 0.717) is 26.1 Å². The molecule has 0 heterocycles. The van der Waals surface area contributed by atoms with Crippen LogP contribution in [0.2, 0.25) is 0 Å². The molecular weight excluding hydrogens is 219 g/mol. The fourth-order valence-corrected chi connectivity index (χ4v) is 1.41. The molecule has 1 rings (SSSR count). The third-order valence-electron chi connectivity index (χ3n) is 2.48. The first kappa shape index (κ1) is 13.6. The first-order valence-corrected chi connectivity index (χ1v) is 5.58. The van der Waals surface area contributed by atoms with Gasteiger partial charge in [0.15, 0.2) is 0 Å². The first-order valence-electron chi connectivity index (χ1n) is 5.58. The number of alkyl halides is 1. The third-order valence-corrected chi connectivity index (χ3v) is 2.48. The van der Waals surface area contributed by atoms with Crippen LogP contribution in [0.5, 0.6) is 0 Å². The lowest BCUT2D eigenvalue weighted by Crippen LogP contribution is -2.40. The number of nitrogens with two attached hydrogens (primary N) is 1. The van der Waals surface area contributed by atoms with Gasteiger partial charge in [0.25, 0.3) is 0 Å². The summed E-state index contributed by atoms with van der Waals surface area (Å²) < 4.78 is 17.8. The Morgan fingerprint density at radius 2 is 2.06 bits per heavy atom. The zero-order valence-corrected chi connectivity index (χ0v) is 9.73. The molecule has 0 aromatic heterocycles. The van der Waals surface area contributed by atoms with Crippen molar-refractivity contribution in [3.8, 4) is 6.07 Å². The van der Waals surface area contributed by atoms with Crippen LogP contribution >= 0.6 is 0 Å². The average molecular weight is 236 g/mol. The van der Waals surface area contributed by atoms with Crippen molar-refractivity contribution in [3.63, 3.8) is 0 Å². The fourth-order valence-electron chi connectivity index (χ4n) is 1.41. The highest BCUT2D eigenvalue weighted by Gasteiger charge is 2.23. The van der Waals surface area contributed by atoms with Crippen LogP contribution in [-0.4, -0.2) is 18.8 Å². The molecule has 0 unspecified atom stereocenters. The van der Waals surface area contributed by atoms with E-state index in [0.717, 1.165) is 5.56 Å². The molecular formula is C13H17FN2O. The van der Waals surface area contributed by atoms with Crippen molar-refractivity contribution in [1.29, 1.82) is 5.26 Å². The summed E-state index contributed by atoms with van der Waals surface area (Å²) in [6.45, 7) is 0.193. The largest absolute Gasteiger partial charge is 0.377 e. The van der Waals surface area contributed by atoms with Gasteiger partial charge in [-0.25, -0.2) is 4.39 Å². The van der Waals surface area contributed by atoms with E-state index in [1.54, 1.807) is 6.07 Å². The van der Waals surface area contributed by atoms with Crippen LogP contribution in [0.15, 0.2) is 30.3 Å². The van der Waals surface area contributed by atoms with E-state index in [2.05, 4.69) is 0 Å². The highest BCUT2D eigenvalue weighted by Crippen LogP contribution is 2.10. The number of benzene rings is 1. The molecule has 0 aliphatic rings. The third kappa shape index (κ3) is 4.94. The Morgan fingerprint density at radius 1 is 1.35 bits per heavy atom. The molecule has 0 aliphatic carbocycles. The fraction of sp³-hybridized carbons (Fsp3) is 0.462. The second-order valence-electron chi connectivity index (χ2n) is 4.04. The Balaban J connectivity index is 2.16. The van der Waals surface area contributed by atoms with Crippen LogP contribution in [0.25, 0.3) is 0 Å². The van der Waals surface area contributed by atoms with Crippen LogP contribution in [0.3, 0.4) is 0 Å². The van der Waals surface area contributed by atoms with Crippen LogP contribution in [0, 0.1) is 11.3 Å². The van der Waals surface area contributed by atoms with E-state index in [9.17, 15) is 4.39 Å². The highest BCUT2D eigenvalue weighted by atomic mass is 19.1. The second kappa shape index (κ2) is 7.00. The lowest BCUT2D eigenvalue weighted by Gasteiger charge is -2.16. The van der Waals surface area contributed by atoms with E-state index in [1.165, 1.54) is 0 Å². The van der Waals surface area contributed by atoms with Crippen molar-refractivity contribution in [1.82, 2.24) is 0 Å². The Morgan fingerprint density at radius 3 is 2.65 bits per heavy atom. The molecule has 0 amide bonds. The van der Waals surface area contributed by atoms with Crippen LogP contribution < -0.4 is 5.73 Å². The second-order valence-corrected chi connectivity index (χ2v) is 4.04. The zero-order chi connectivity index (χ0) is 12.6. The Hall–Kier alpha value is -1.44. The maximum absolute atomic E-state index is 12.4. The Labute approximate surface area is 101 Å². The van der Waals surface area contributed by atoms with Gasteiger partial charge in [0.05, 0.1) is 12.7 Å². The number of hydrogen-bond acceptors (Lipinski definition) is 3. The van der Waals surface area contributed by atoms with Gasteiger partial charge in [0.1, 0.15) is 12.2 Å². The first-order chi connectivity index (χ1) is 8.20. The molecule has 0 saturated heterocycles. The van der Waals surface area contributed by atoms with Crippen LogP contribution in [0.1, 0.15) is 18.4 Å². The molecule has 0 aliphatic heterocycles.